The third kappa shape index (κ3) is 4.94. The zero-order valence-corrected chi connectivity index (χ0v) is 16.4. The summed E-state index contributed by atoms with van der Waals surface area (Å²) in [5, 5.41) is 2.59. The smallest absolute Gasteiger partial charge is 0.326 e. The molecule has 0 saturated heterocycles. The molecule has 1 heterocycles. The van der Waals surface area contributed by atoms with E-state index in [1.165, 1.54) is 47.9 Å². The van der Waals surface area contributed by atoms with Gasteiger partial charge in [0.1, 0.15) is 6.54 Å². The number of nitrogens with zero attached hydrogens (tertiary/aromatic N) is 1. The van der Waals surface area contributed by atoms with E-state index in [0.717, 1.165) is 4.90 Å². The quantitative estimate of drug-likeness (QED) is 0.697. The van der Waals surface area contributed by atoms with Gasteiger partial charge >= 0.3 is 5.97 Å². The molecule has 2 aromatic rings. The van der Waals surface area contributed by atoms with Crippen LogP contribution in [-0.4, -0.2) is 42.1 Å². The molecule has 29 heavy (non-hydrogen) atoms. The lowest BCUT2D eigenvalue weighted by molar-refractivity contribution is -0.152. The number of thioether (sulfide) groups is 1. The van der Waals surface area contributed by atoms with E-state index >= 15 is 0 Å². The first-order chi connectivity index (χ1) is 13.8. The summed E-state index contributed by atoms with van der Waals surface area (Å²) < 4.78 is 5.19. The van der Waals surface area contributed by atoms with Crippen molar-refractivity contribution >= 4 is 46.8 Å². The molecule has 0 unspecified atom stereocenters. The minimum absolute atomic E-state index is 0.197. The molecule has 9 heteroatoms. The molecule has 8 nitrogen and oxygen atoms in total. The Kier molecular flexibility index (Phi) is 6.18. The van der Waals surface area contributed by atoms with Gasteiger partial charge in [0, 0.05) is 16.1 Å². The second-order valence-corrected chi connectivity index (χ2v) is 7.32. The Balaban J connectivity index is 1.58. The highest BCUT2D eigenvalue weighted by atomic mass is 32.2. The van der Waals surface area contributed by atoms with Crippen molar-refractivity contribution in [2.24, 2.45) is 5.73 Å². The summed E-state index contributed by atoms with van der Waals surface area (Å²) in [5.74, 6) is -1.76. The van der Waals surface area contributed by atoms with E-state index in [1.807, 2.05) is 12.1 Å². The van der Waals surface area contributed by atoms with Crippen molar-refractivity contribution in [1.82, 2.24) is 0 Å². The van der Waals surface area contributed by atoms with Crippen LogP contribution in [0.2, 0.25) is 0 Å². The Hall–Kier alpha value is -3.33. The fraction of sp³-hybridized carbons (Fsp3) is 0.200. The van der Waals surface area contributed by atoms with Gasteiger partial charge in [-0.15, -0.1) is 11.8 Å². The topological polar surface area (TPSA) is 119 Å². The Bertz CT molecular complexity index is 961. The second-order valence-electron chi connectivity index (χ2n) is 6.30. The van der Waals surface area contributed by atoms with Gasteiger partial charge in [-0.1, -0.05) is 12.1 Å². The Morgan fingerprint density at radius 3 is 2.55 bits per heavy atom. The minimum atomic E-state index is -1.07. The van der Waals surface area contributed by atoms with Crippen molar-refractivity contribution < 1.29 is 23.9 Å². The van der Waals surface area contributed by atoms with Crippen LogP contribution in [0.5, 0.6) is 0 Å². The molecule has 0 bridgehead atoms. The highest BCUT2D eigenvalue weighted by Gasteiger charge is 2.28. The molecule has 1 atom stereocenters. The number of hydrogen-bond acceptors (Lipinski definition) is 6. The van der Waals surface area contributed by atoms with Gasteiger partial charge in [-0.3, -0.25) is 24.1 Å². The summed E-state index contributed by atoms with van der Waals surface area (Å²) in [6.45, 7) is 1.16. The molecule has 3 amide bonds. The van der Waals surface area contributed by atoms with Crippen LogP contribution in [0.25, 0.3) is 0 Å². The average molecular weight is 413 g/mol. The summed E-state index contributed by atoms with van der Waals surface area (Å²) in [4.78, 5) is 50.1. The van der Waals surface area contributed by atoms with Crippen molar-refractivity contribution in [1.29, 1.82) is 0 Å². The number of ether oxygens (including phenoxy) is 1. The van der Waals surface area contributed by atoms with Gasteiger partial charge in [0.15, 0.2) is 6.10 Å². The van der Waals surface area contributed by atoms with Crippen LogP contribution in [0.15, 0.2) is 53.4 Å². The summed E-state index contributed by atoms with van der Waals surface area (Å²) in [5.41, 5.74) is 6.56. The summed E-state index contributed by atoms with van der Waals surface area (Å²) in [6, 6.07) is 13.3. The average Bonchev–Trinajstić information content (AvgIpc) is 2.70. The number of primary amides is 1. The fourth-order valence-electron chi connectivity index (χ4n) is 2.71. The number of hydrogen-bond donors (Lipinski definition) is 2. The van der Waals surface area contributed by atoms with Gasteiger partial charge in [0.2, 0.25) is 11.8 Å². The third-order valence-corrected chi connectivity index (χ3v) is 5.26. The predicted molar refractivity (Wildman–Crippen MR) is 109 cm³/mol. The molecule has 0 spiro atoms. The number of nitrogens with one attached hydrogen (secondary N) is 1. The molecular formula is C20H19N3O5S. The summed E-state index contributed by atoms with van der Waals surface area (Å²) >= 11 is 1.41. The molecule has 1 aliphatic heterocycles. The van der Waals surface area contributed by atoms with Gasteiger partial charge in [0.25, 0.3) is 5.91 Å². The maximum Gasteiger partial charge on any atom is 0.326 e. The Morgan fingerprint density at radius 1 is 1.17 bits per heavy atom. The lowest BCUT2D eigenvalue weighted by Crippen LogP contribution is -2.41. The van der Waals surface area contributed by atoms with Crippen LogP contribution in [0.4, 0.5) is 11.4 Å². The van der Waals surface area contributed by atoms with Gasteiger partial charge < -0.3 is 15.8 Å². The van der Waals surface area contributed by atoms with Crippen LogP contribution >= 0.6 is 11.8 Å². The highest BCUT2D eigenvalue weighted by Crippen LogP contribution is 2.34. The van der Waals surface area contributed by atoms with Gasteiger partial charge in [-0.2, -0.15) is 0 Å². The maximum atomic E-state index is 12.3. The number of benzene rings is 2. The third-order valence-electron chi connectivity index (χ3n) is 4.21. The number of carbonyl (C=O) groups is 4. The molecule has 0 radical (unpaired) electrons. The zero-order valence-electron chi connectivity index (χ0n) is 15.6. The molecule has 1 aliphatic rings. The minimum Gasteiger partial charge on any atom is -0.451 e. The number of anilines is 2. The van der Waals surface area contributed by atoms with E-state index in [-0.39, 0.29) is 18.2 Å². The lowest BCUT2D eigenvalue weighted by Gasteiger charge is -2.28. The normalized spacial score (nSPS) is 14.0. The van der Waals surface area contributed by atoms with E-state index in [9.17, 15) is 19.2 Å². The maximum absolute atomic E-state index is 12.3. The molecule has 0 saturated carbocycles. The number of fused-ring (bicyclic) bond motifs is 1. The SMILES string of the molecule is C[C@H](OC(=O)CN1C(=O)CSc2ccccc21)C(=O)Nc1ccc(C(N)=O)cc1. The number of esters is 1. The van der Waals surface area contributed by atoms with E-state index in [0.29, 0.717) is 16.9 Å². The van der Waals surface area contributed by atoms with E-state index < -0.39 is 23.9 Å². The van der Waals surface area contributed by atoms with Crippen LogP contribution in [0.3, 0.4) is 0 Å². The van der Waals surface area contributed by atoms with Gasteiger partial charge in [-0.05, 0) is 43.3 Å². The van der Waals surface area contributed by atoms with E-state index in [2.05, 4.69) is 5.32 Å². The molecular weight excluding hydrogens is 394 g/mol. The number of rotatable bonds is 6. The Morgan fingerprint density at radius 2 is 1.86 bits per heavy atom. The number of nitrogens with two attached hydrogens (primary N) is 1. The number of carbonyl (C=O) groups excluding carboxylic acids is 4. The van der Waals surface area contributed by atoms with Crippen molar-refractivity contribution in [3.63, 3.8) is 0 Å². The summed E-state index contributed by atoms with van der Waals surface area (Å²) in [6.07, 6.45) is -1.07. The second kappa shape index (κ2) is 8.78. The predicted octanol–water partition coefficient (Wildman–Crippen LogP) is 1.79. The first-order valence-electron chi connectivity index (χ1n) is 8.77. The first-order valence-corrected chi connectivity index (χ1v) is 9.76. The van der Waals surface area contributed by atoms with Crippen LogP contribution < -0.4 is 16.0 Å². The van der Waals surface area contributed by atoms with E-state index in [4.69, 9.17) is 10.5 Å². The molecule has 2 aromatic carbocycles. The number of para-hydroxylation sites is 1. The van der Waals surface area contributed by atoms with Crippen LogP contribution in [0, 0.1) is 0 Å². The lowest BCUT2D eigenvalue weighted by atomic mass is 10.2. The molecule has 0 aromatic heterocycles. The molecule has 0 aliphatic carbocycles. The monoisotopic (exact) mass is 413 g/mol. The van der Waals surface area contributed by atoms with Crippen molar-refractivity contribution in [3.8, 4) is 0 Å². The highest BCUT2D eigenvalue weighted by molar-refractivity contribution is 8.00. The van der Waals surface area contributed by atoms with Crippen molar-refractivity contribution in [2.45, 2.75) is 17.9 Å². The Labute approximate surface area is 171 Å². The van der Waals surface area contributed by atoms with Crippen LogP contribution in [0.1, 0.15) is 17.3 Å². The van der Waals surface area contributed by atoms with E-state index in [1.54, 1.807) is 12.1 Å². The molecule has 3 rings (SSSR count). The number of amides is 3. The molecule has 3 N–H and O–H groups in total. The largest absolute Gasteiger partial charge is 0.451 e. The van der Waals surface area contributed by atoms with Gasteiger partial charge in [-0.25, -0.2) is 0 Å². The van der Waals surface area contributed by atoms with Gasteiger partial charge in [0.05, 0.1) is 11.4 Å². The standard InChI is InChI=1S/C20H19N3O5S/c1-12(20(27)22-14-8-6-13(7-9-14)19(21)26)28-18(25)10-23-15-4-2-3-5-16(15)29-11-17(23)24/h2-9,12H,10-11H2,1H3,(H2,21,26)(H,22,27)/t12-/m0/s1. The fourth-order valence-corrected chi connectivity index (χ4v) is 3.64. The molecule has 150 valence electrons. The van der Waals surface area contributed by atoms with Crippen molar-refractivity contribution in [3.05, 3.63) is 54.1 Å². The zero-order chi connectivity index (χ0) is 21.0. The summed E-state index contributed by atoms with van der Waals surface area (Å²) in [7, 11) is 0. The van der Waals surface area contributed by atoms with Crippen molar-refractivity contribution in [2.75, 3.05) is 22.5 Å². The first kappa shape index (κ1) is 20.4. The molecule has 0 fully saturated rings. The van der Waals surface area contributed by atoms with Crippen LogP contribution in [-0.2, 0) is 19.1 Å².